The SMILES string of the molecule is Fc1c(Cl)cc2nc(Nc3ccc(OC(F)(F)F)cc3)c3nccn3c2c1Cl. The van der Waals surface area contributed by atoms with Crippen LogP contribution in [0.5, 0.6) is 5.75 Å². The molecule has 0 atom stereocenters. The Bertz CT molecular complexity index is 1190. The monoisotopic (exact) mass is 430 g/mol. The number of halogens is 6. The van der Waals surface area contributed by atoms with E-state index >= 15 is 0 Å². The van der Waals surface area contributed by atoms with E-state index < -0.39 is 12.2 Å². The van der Waals surface area contributed by atoms with Crippen molar-refractivity contribution in [2.24, 2.45) is 0 Å². The summed E-state index contributed by atoms with van der Waals surface area (Å²) in [6.07, 6.45) is -1.72. The number of nitrogens with one attached hydrogen (secondary N) is 1. The number of fused-ring (bicyclic) bond motifs is 3. The van der Waals surface area contributed by atoms with Crippen LogP contribution in [0.1, 0.15) is 0 Å². The van der Waals surface area contributed by atoms with Gasteiger partial charge in [-0.25, -0.2) is 14.4 Å². The molecule has 4 aromatic rings. The predicted octanol–water partition coefficient (Wildman–Crippen LogP) is 5.97. The highest BCUT2D eigenvalue weighted by Gasteiger charge is 2.31. The first kappa shape index (κ1) is 18.6. The van der Waals surface area contributed by atoms with E-state index in [1.54, 1.807) is 6.20 Å². The number of nitrogens with zero attached hydrogens (tertiary/aromatic N) is 3. The van der Waals surface area contributed by atoms with Crippen molar-refractivity contribution in [3.8, 4) is 5.75 Å². The predicted molar refractivity (Wildman–Crippen MR) is 96.9 cm³/mol. The van der Waals surface area contributed by atoms with E-state index in [0.717, 1.165) is 12.1 Å². The number of hydrogen-bond donors (Lipinski definition) is 1. The molecule has 0 saturated carbocycles. The highest BCUT2D eigenvalue weighted by atomic mass is 35.5. The van der Waals surface area contributed by atoms with Crippen LogP contribution in [-0.4, -0.2) is 20.7 Å². The molecule has 28 heavy (non-hydrogen) atoms. The maximum Gasteiger partial charge on any atom is 0.573 e. The van der Waals surface area contributed by atoms with Gasteiger partial charge in [-0.3, -0.25) is 4.40 Å². The van der Waals surface area contributed by atoms with Crippen LogP contribution in [0, 0.1) is 5.82 Å². The molecular weight excluding hydrogens is 423 g/mol. The summed E-state index contributed by atoms with van der Waals surface area (Å²) in [4.78, 5) is 8.55. The molecule has 0 spiro atoms. The Kier molecular flexibility index (Phi) is 4.43. The molecule has 0 aliphatic rings. The second-order valence-corrected chi connectivity index (χ2v) is 6.42. The molecule has 144 valence electrons. The van der Waals surface area contributed by atoms with Crippen LogP contribution in [0.4, 0.5) is 29.1 Å². The van der Waals surface area contributed by atoms with Crippen LogP contribution in [0.15, 0.2) is 42.7 Å². The second-order valence-electron chi connectivity index (χ2n) is 5.63. The van der Waals surface area contributed by atoms with E-state index in [0.29, 0.717) is 16.9 Å². The average molecular weight is 431 g/mol. The van der Waals surface area contributed by atoms with Crippen LogP contribution in [0.2, 0.25) is 10.0 Å². The van der Waals surface area contributed by atoms with Crippen LogP contribution in [0.25, 0.3) is 16.7 Å². The zero-order valence-electron chi connectivity index (χ0n) is 13.6. The van der Waals surface area contributed by atoms with Crippen molar-refractivity contribution in [1.29, 1.82) is 0 Å². The van der Waals surface area contributed by atoms with Crippen molar-refractivity contribution >= 4 is 51.4 Å². The first-order valence-corrected chi connectivity index (χ1v) is 8.41. The van der Waals surface area contributed by atoms with Gasteiger partial charge in [-0.1, -0.05) is 23.2 Å². The summed E-state index contributed by atoms with van der Waals surface area (Å²) in [5, 5.41) is 2.57. The number of rotatable bonds is 3. The number of imidazole rings is 1. The van der Waals surface area contributed by atoms with Crippen molar-refractivity contribution in [3.05, 3.63) is 58.6 Å². The van der Waals surface area contributed by atoms with Gasteiger partial charge in [0.2, 0.25) is 0 Å². The fourth-order valence-electron chi connectivity index (χ4n) is 2.68. The second kappa shape index (κ2) is 6.68. The minimum atomic E-state index is -4.77. The van der Waals surface area contributed by atoms with Gasteiger partial charge in [-0.2, -0.15) is 0 Å². The van der Waals surface area contributed by atoms with Crippen molar-refractivity contribution in [2.75, 3.05) is 5.32 Å². The minimum absolute atomic E-state index is 0.191. The van der Waals surface area contributed by atoms with Crippen LogP contribution >= 0.6 is 23.2 Å². The molecule has 0 fully saturated rings. The van der Waals surface area contributed by atoms with Gasteiger partial charge in [0.1, 0.15) is 10.8 Å². The molecule has 1 N–H and O–H groups in total. The third-order valence-corrected chi connectivity index (χ3v) is 4.41. The van der Waals surface area contributed by atoms with Gasteiger partial charge in [-0.15, -0.1) is 13.2 Å². The minimum Gasteiger partial charge on any atom is -0.406 e. The molecule has 0 bridgehead atoms. The molecule has 2 aromatic carbocycles. The number of alkyl halides is 3. The standard InChI is InChI=1S/C17H8Cl2F4N4O/c18-10-7-11-14(12(19)13(10)20)27-6-5-24-16(27)15(26-11)25-8-1-3-9(4-2-8)28-17(21,22)23/h1-7H,(H,25,26). The summed E-state index contributed by atoms with van der Waals surface area (Å²) >= 11 is 11.9. The molecule has 5 nitrogen and oxygen atoms in total. The zero-order chi connectivity index (χ0) is 20.1. The Morgan fingerprint density at radius 2 is 1.82 bits per heavy atom. The van der Waals surface area contributed by atoms with Crippen LogP contribution < -0.4 is 10.1 Å². The van der Waals surface area contributed by atoms with E-state index in [9.17, 15) is 17.6 Å². The van der Waals surface area contributed by atoms with Gasteiger partial charge in [-0.05, 0) is 30.3 Å². The van der Waals surface area contributed by atoms with Crippen molar-refractivity contribution in [3.63, 3.8) is 0 Å². The molecule has 0 unspecified atom stereocenters. The van der Waals surface area contributed by atoms with Crippen LogP contribution in [-0.2, 0) is 0 Å². The zero-order valence-corrected chi connectivity index (χ0v) is 15.1. The van der Waals surface area contributed by atoms with E-state index in [1.165, 1.54) is 28.8 Å². The lowest BCUT2D eigenvalue weighted by atomic mass is 10.2. The van der Waals surface area contributed by atoms with Gasteiger partial charge >= 0.3 is 6.36 Å². The topological polar surface area (TPSA) is 51.5 Å². The molecule has 2 aromatic heterocycles. The molecule has 0 radical (unpaired) electrons. The molecule has 0 amide bonds. The quantitative estimate of drug-likeness (QED) is 0.321. The average Bonchev–Trinajstić information content (AvgIpc) is 3.10. The highest BCUT2D eigenvalue weighted by Crippen LogP contribution is 2.34. The fraction of sp³-hybridized carbons (Fsp3) is 0.0588. The summed E-state index contributed by atoms with van der Waals surface area (Å²) in [5.41, 5.74) is 1.37. The normalized spacial score (nSPS) is 11.9. The summed E-state index contributed by atoms with van der Waals surface area (Å²) in [6.45, 7) is 0. The first-order chi connectivity index (χ1) is 13.2. The third kappa shape index (κ3) is 3.38. The Balaban J connectivity index is 1.76. The van der Waals surface area contributed by atoms with E-state index in [1.807, 2.05) is 0 Å². The lowest BCUT2D eigenvalue weighted by molar-refractivity contribution is -0.274. The highest BCUT2D eigenvalue weighted by molar-refractivity contribution is 6.38. The Morgan fingerprint density at radius 1 is 1.11 bits per heavy atom. The van der Waals surface area contributed by atoms with E-state index in [2.05, 4.69) is 20.0 Å². The number of aromatic nitrogens is 3. The summed E-state index contributed by atoms with van der Waals surface area (Å²) < 4.78 is 56.2. The summed E-state index contributed by atoms with van der Waals surface area (Å²) in [5.74, 6) is -0.848. The van der Waals surface area contributed by atoms with Crippen molar-refractivity contribution in [1.82, 2.24) is 14.4 Å². The third-order valence-electron chi connectivity index (χ3n) is 3.79. The van der Waals surface area contributed by atoms with Gasteiger partial charge < -0.3 is 10.1 Å². The molecule has 11 heteroatoms. The van der Waals surface area contributed by atoms with Crippen LogP contribution in [0.3, 0.4) is 0 Å². The maximum absolute atomic E-state index is 14.1. The van der Waals surface area contributed by atoms with Gasteiger partial charge in [0.15, 0.2) is 17.3 Å². The van der Waals surface area contributed by atoms with Crippen molar-refractivity contribution in [2.45, 2.75) is 6.36 Å². The molecule has 2 heterocycles. The van der Waals surface area contributed by atoms with Crippen molar-refractivity contribution < 1.29 is 22.3 Å². The fourth-order valence-corrected chi connectivity index (χ4v) is 3.21. The number of benzene rings is 2. The number of anilines is 2. The first-order valence-electron chi connectivity index (χ1n) is 7.66. The Morgan fingerprint density at radius 3 is 2.50 bits per heavy atom. The molecule has 0 saturated heterocycles. The Labute approximate surface area is 164 Å². The summed E-state index contributed by atoms with van der Waals surface area (Å²) in [6, 6.07) is 6.41. The lowest BCUT2D eigenvalue weighted by Crippen LogP contribution is -2.17. The lowest BCUT2D eigenvalue weighted by Gasteiger charge is -2.12. The summed E-state index contributed by atoms with van der Waals surface area (Å²) in [7, 11) is 0. The maximum atomic E-state index is 14.1. The molecular formula is C17H8Cl2F4N4O. The van der Waals surface area contributed by atoms with Gasteiger partial charge in [0.25, 0.3) is 0 Å². The Hall–Kier alpha value is -2.78. The number of hydrogen-bond acceptors (Lipinski definition) is 4. The van der Waals surface area contributed by atoms with E-state index in [-0.39, 0.29) is 27.1 Å². The van der Waals surface area contributed by atoms with Gasteiger partial charge in [0, 0.05) is 18.1 Å². The molecule has 4 rings (SSSR count). The molecule has 0 aliphatic heterocycles. The van der Waals surface area contributed by atoms with E-state index in [4.69, 9.17) is 23.2 Å². The smallest absolute Gasteiger partial charge is 0.406 e. The largest absolute Gasteiger partial charge is 0.573 e. The van der Waals surface area contributed by atoms with Gasteiger partial charge in [0.05, 0.1) is 16.1 Å². The number of ether oxygens (including phenoxy) is 1. The molecule has 0 aliphatic carbocycles.